The van der Waals surface area contributed by atoms with Gasteiger partial charge >= 0.3 is 0 Å². The van der Waals surface area contributed by atoms with E-state index in [4.69, 9.17) is 0 Å². The lowest BCUT2D eigenvalue weighted by Crippen LogP contribution is -2.08. The highest BCUT2D eigenvalue weighted by Crippen LogP contribution is 2.20. The molecule has 0 atom stereocenters. The molecule has 1 aromatic carbocycles. The normalized spacial score (nSPS) is 10.6. The van der Waals surface area contributed by atoms with Gasteiger partial charge < -0.3 is 5.32 Å². The van der Waals surface area contributed by atoms with E-state index in [1.807, 2.05) is 12.4 Å². The first-order chi connectivity index (χ1) is 8.86. The number of imidazole rings is 1. The fraction of sp³-hybridized carbons (Fsp3) is 0.400. The van der Waals surface area contributed by atoms with E-state index in [2.05, 4.69) is 53.0 Å². The van der Waals surface area contributed by atoms with Gasteiger partial charge in [-0.3, -0.25) is 4.57 Å². The number of hydrogen-bond donors (Lipinski definition) is 1. The molecule has 2 aromatic rings. The summed E-state index contributed by atoms with van der Waals surface area (Å²) >= 11 is 0. The predicted octanol–water partition coefficient (Wildman–Crippen LogP) is 3.65. The van der Waals surface area contributed by atoms with Crippen LogP contribution in [0, 0.1) is 0 Å². The third kappa shape index (κ3) is 2.73. The largest absolute Gasteiger partial charge is 0.355 e. The second-order valence-electron chi connectivity index (χ2n) is 4.43. The lowest BCUT2D eigenvalue weighted by Gasteiger charge is -2.13. The van der Waals surface area contributed by atoms with Gasteiger partial charge in [-0.15, -0.1) is 0 Å². The average Bonchev–Trinajstić information content (AvgIpc) is 2.85. The van der Waals surface area contributed by atoms with E-state index in [1.54, 1.807) is 0 Å². The minimum absolute atomic E-state index is 0.931. The second kappa shape index (κ2) is 6.24. The SMILES string of the molecule is CCCNc1nccn1-c1ccccc1CCC. The van der Waals surface area contributed by atoms with E-state index in [9.17, 15) is 0 Å². The van der Waals surface area contributed by atoms with E-state index >= 15 is 0 Å². The summed E-state index contributed by atoms with van der Waals surface area (Å²) in [6.45, 7) is 5.32. The van der Waals surface area contributed by atoms with Gasteiger partial charge in [0.25, 0.3) is 0 Å². The van der Waals surface area contributed by atoms with Crippen LogP contribution in [0.1, 0.15) is 32.3 Å². The molecule has 0 bridgehead atoms. The Morgan fingerprint density at radius 1 is 1.17 bits per heavy atom. The quantitative estimate of drug-likeness (QED) is 0.839. The Morgan fingerprint density at radius 2 is 2.00 bits per heavy atom. The van der Waals surface area contributed by atoms with Gasteiger partial charge in [-0.2, -0.15) is 0 Å². The van der Waals surface area contributed by atoms with Crippen molar-refractivity contribution < 1.29 is 0 Å². The molecule has 2 rings (SSSR count). The molecule has 0 spiro atoms. The molecule has 18 heavy (non-hydrogen) atoms. The van der Waals surface area contributed by atoms with Gasteiger partial charge in [-0.25, -0.2) is 4.98 Å². The fourth-order valence-corrected chi connectivity index (χ4v) is 2.09. The molecule has 0 aliphatic heterocycles. The zero-order valence-electron chi connectivity index (χ0n) is 11.2. The van der Waals surface area contributed by atoms with Crippen LogP contribution in [0.5, 0.6) is 0 Å². The fourth-order valence-electron chi connectivity index (χ4n) is 2.09. The summed E-state index contributed by atoms with van der Waals surface area (Å²) in [7, 11) is 0. The highest BCUT2D eigenvalue weighted by atomic mass is 15.2. The minimum Gasteiger partial charge on any atom is -0.355 e. The maximum atomic E-state index is 4.38. The van der Waals surface area contributed by atoms with E-state index in [1.165, 1.54) is 11.3 Å². The first kappa shape index (κ1) is 12.7. The predicted molar refractivity (Wildman–Crippen MR) is 76.3 cm³/mol. The average molecular weight is 243 g/mol. The Kier molecular flexibility index (Phi) is 4.40. The minimum atomic E-state index is 0.931. The Hall–Kier alpha value is -1.77. The van der Waals surface area contributed by atoms with E-state index in [0.717, 1.165) is 31.8 Å². The summed E-state index contributed by atoms with van der Waals surface area (Å²) in [6, 6.07) is 8.54. The van der Waals surface area contributed by atoms with E-state index < -0.39 is 0 Å². The van der Waals surface area contributed by atoms with Gasteiger partial charge in [-0.05, 0) is 24.5 Å². The molecule has 1 aromatic heterocycles. The maximum Gasteiger partial charge on any atom is 0.207 e. The van der Waals surface area contributed by atoms with Crippen LogP contribution in [0.15, 0.2) is 36.7 Å². The summed E-state index contributed by atoms with van der Waals surface area (Å²) in [4.78, 5) is 4.38. The van der Waals surface area contributed by atoms with Crippen LogP contribution < -0.4 is 5.32 Å². The first-order valence-corrected chi connectivity index (χ1v) is 6.72. The molecule has 3 nitrogen and oxygen atoms in total. The molecular formula is C15H21N3. The van der Waals surface area contributed by atoms with Gasteiger partial charge in [0.05, 0.1) is 5.69 Å². The molecule has 0 saturated heterocycles. The van der Waals surface area contributed by atoms with Crippen molar-refractivity contribution in [3.05, 3.63) is 42.2 Å². The van der Waals surface area contributed by atoms with Crippen LogP contribution in [0.3, 0.4) is 0 Å². The summed E-state index contributed by atoms with van der Waals surface area (Å²) in [6.07, 6.45) is 7.22. The lowest BCUT2D eigenvalue weighted by molar-refractivity contribution is 0.890. The van der Waals surface area contributed by atoms with Crippen LogP contribution >= 0.6 is 0 Å². The lowest BCUT2D eigenvalue weighted by atomic mass is 10.1. The molecule has 0 fully saturated rings. The molecule has 3 heteroatoms. The summed E-state index contributed by atoms with van der Waals surface area (Å²) in [5.74, 6) is 0.931. The highest BCUT2D eigenvalue weighted by molar-refractivity contribution is 5.47. The van der Waals surface area contributed by atoms with Crippen molar-refractivity contribution in [2.24, 2.45) is 0 Å². The van der Waals surface area contributed by atoms with Gasteiger partial charge in [0.15, 0.2) is 0 Å². The molecule has 0 saturated carbocycles. The third-order valence-corrected chi connectivity index (χ3v) is 2.94. The number of rotatable bonds is 6. The number of anilines is 1. The number of aromatic nitrogens is 2. The first-order valence-electron chi connectivity index (χ1n) is 6.72. The number of aryl methyl sites for hydroxylation is 1. The standard InChI is InChI=1S/C15H21N3/c1-3-7-13-8-5-6-9-14(13)18-12-11-17-15(18)16-10-4-2/h5-6,8-9,11-12H,3-4,7,10H2,1-2H3,(H,16,17). The van der Waals surface area contributed by atoms with Gasteiger partial charge in [-0.1, -0.05) is 38.5 Å². The molecule has 0 amide bonds. The Balaban J connectivity index is 2.33. The Bertz CT molecular complexity index is 488. The highest BCUT2D eigenvalue weighted by Gasteiger charge is 2.07. The maximum absolute atomic E-state index is 4.38. The molecule has 1 heterocycles. The van der Waals surface area contributed by atoms with Gasteiger partial charge in [0, 0.05) is 18.9 Å². The zero-order valence-corrected chi connectivity index (χ0v) is 11.2. The smallest absolute Gasteiger partial charge is 0.207 e. The van der Waals surface area contributed by atoms with Crippen molar-refractivity contribution in [2.75, 3.05) is 11.9 Å². The molecule has 0 aliphatic carbocycles. The number of hydrogen-bond acceptors (Lipinski definition) is 2. The molecule has 1 N–H and O–H groups in total. The van der Waals surface area contributed by atoms with Crippen molar-refractivity contribution in [3.63, 3.8) is 0 Å². The van der Waals surface area contributed by atoms with Crippen LogP contribution in [-0.4, -0.2) is 16.1 Å². The number of nitrogens with one attached hydrogen (secondary N) is 1. The van der Waals surface area contributed by atoms with E-state index in [-0.39, 0.29) is 0 Å². The van der Waals surface area contributed by atoms with Crippen LogP contribution in [0.4, 0.5) is 5.95 Å². The van der Waals surface area contributed by atoms with Crippen molar-refractivity contribution in [1.29, 1.82) is 0 Å². The summed E-state index contributed by atoms with van der Waals surface area (Å²) < 4.78 is 2.14. The number of nitrogens with zero attached hydrogens (tertiary/aromatic N) is 2. The van der Waals surface area contributed by atoms with Crippen LogP contribution in [0.25, 0.3) is 5.69 Å². The number of benzene rings is 1. The van der Waals surface area contributed by atoms with E-state index in [0.29, 0.717) is 0 Å². The van der Waals surface area contributed by atoms with Gasteiger partial charge in [0.2, 0.25) is 5.95 Å². The van der Waals surface area contributed by atoms with Crippen molar-refractivity contribution in [1.82, 2.24) is 9.55 Å². The third-order valence-electron chi connectivity index (χ3n) is 2.94. The van der Waals surface area contributed by atoms with Crippen molar-refractivity contribution in [2.45, 2.75) is 33.1 Å². The molecule has 0 unspecified atom stereocenters. The Morgan fingerprint density at radius 3 is 2.78 bits per heavy atom. The van der Waals surface area contributed by atoms with Gasteiger partial charge in [0.1, 0.15) is 0 Å². The topological polar surface area (TPSA) is 29.9 Å². The second-order valence-corrected chi connectivity index (χ2v) is 4.43. The monoisotopic (exact) mass is 243 g/mol. The summed E-state index contributed by atoms with van der Waals surface area (Å²) in [5, 5.41) is 3.36. The van der Waals surface area contributed by atoms with Crippen LogP contribution in [-0.2, 0) is 6.42 Å². The molecule has 96 valence electrons. The summed E-state index contributed by atoms with van der Waals surface area (Å²) in [5.41, 5.74) is 2.60. The zero-order chi connectivity index (χ0) is 12.8. The number of para-hydroxylation sites is 1. The molecule has 0 radical (unpaired) electrons. The van der Waals surface area contributed by atoms with Crippen molar-refractivity contribution >= 4 is 5.95 Å². The van der Waals surface area contributed by atoms with Crippen LogP contribution in [0.2, 0.25) is 0 Å². The molecule has 0 aliphatic rings. The molecular weight excluding hydrogens is 222 g/mol. The Labute approximate surface area is 109 Å². The van der Waals surface area contributed by atoms with Crippen molar-refractivity contribution in [3.8, 4) is 5.69 Å².